The molecule has 0 saturated heterocycles. The van der Waals surface area contributed by atoms with E-state index in [4.69, 9.17) is 10.5 Å². The molecule has 1 aliphatic rings. The summed E-state index contributed by atoms with van der Waals surface area (Å²) in [5.41, 5.74) is 9.47. The van der Waals surface area contributed by atoms with Crippen LogP contribution < -0.4 is 10.5 Å². The zero-order chi connectivity index (χ0) is 10.4. The van der Waals surface area contributed by atoms with Gasteiger partial charge in [0.1, 0.15) is 5.75 Å². The van der Waals surface area contributed by atoms with Gasteiger partial charge in [-0.2, -0.15) is 0 Å². The van der Waals surface area contributed by atoms with Crippen molar-refractivity contribution in [1.29, 1.82) is 0 Å². The Morgan fingerprint density at radius 2 is 2.40 bits per heavy atom. The van der Waals surface area contributed by atoms with Gasteiger partial charge in [-0.05, 0) is 24.1 Å². The van der Waals surface area contributed by atoms with Gasteiger partial charge < -0.3 is 15.5 Å². The number of H-pyrrole nitrogens is 1. The van der Waals surface area contributed by atoms with Gasteiger partial charge in [0.2, 0.25) is 0 Å². The first kappa shape index (κ1) is 8.80. The molecule has 3 rings (SSSR count). The topological polar surface area (TPSA) is 51.0 Å². The number of aromatic amines is 1. The third kappa shape index (κ3) is 1.10. The molecule has 2 heterocycles. The van der Waals surface area contributed by atoms with Gasteiger partial charge in [-0.25, -0.2) is 0 Å². The van der Waals surface area contributed by atoms with Crippen LogP contribution >= 0.6 is 0 Å². The van der Waals surface area contributed by atoms with Crippen LogP contribution in [0.25, 0.3) is 10.9 Å². The van der Waals surface area contributed by atoms with Crippen LogP contribution in [0.4, 0.5) is 0 Å². The molecule has 0 aliphatic carbocycles. The van der Waals surface area contributed by atoms with Gasteiger partial charge in [-0.1, -0.05) is 6.07 Å². The normalized spacial score (nSPS) is 19.2. The molecule has 1 aromatic heterocycles. The first-order valence-electron chi connectivity index (χ1n) is 5.24. The molecule has 0 bridgehead atoms. The Morgan fingerprint density at radius 1 is 1.53 bits per heavy atom. The van der Waals surface area contributed by atoms with Crippen LogP contribution in [0.3, 0.4) is 0 Å². The number of nitrogens with two attached hydrogens (primary N) is 1. The van der Waals surface area contributed by atoms with E-state index in [1.165, 1.54) is 22.0 Å². The number of nitrogens with one attached hydrogen (secondary N) is 1. The molecule has 1 aromatic carbocycles. The van der Waals surface area contributed by atoms with Crippen LogP contribution in [0, 0.1) is 6.92 Å². The number of aromatic nitrogens is 1. The molecule has 0 spiro atoms. The zero-order valence-corrected chi connectivity index (χ0v) is 8.71. The Hall–Kier alpha value is -1.48. The number of hydrogen-bond acceptors (Lipinski definition) is 2. The summed E-state index contributed by atoms with van der Waals surface area (Å²) in [6.07, 6.45) is 2.07. The van der Waals surface area contributed by atoms with Crippen LogP contribution in [0.15, 0.2) is 18.3 Å². The smallest absolute Gasteiger partial charge is 0.129 e. The minimum absolute atomic E-state index is 0.327. The van der Waals surface area contributed by atoms with Crippen LogP contribution in [0.1, 0.15) is 17.0 Å². The predicted octanol–water partition coefficient (Wildman–Crippen LogP) is 1.91. The van der Waals surface area contributed by atoms with Crippen molar-refractivity contribution in [2.24, 2.45) is 5.73 Å². The van der Waals surface area contributed by atoms with Crippen LogP contribution in [-0.4, -0.2) is 18.1 Å². The van der Waals surface area contributed by atoms with E-state index in [0.29, 0.717) is 19.1 Å². The van der Waals surface area contributed by atoms with Crippen molar-refractivity contribution >= 4 is 10.9 Å². The maximum Gasteiger partial charge on any atom is 0.129 e. The second-order valence-corrected chi connectivity index (χ2v) is 4.12. The maximum absolute atomic E-state index is 5.74. The Morgan fingerprint density at radius 3 is 3.20 bits per heavy atom. The zero-order valence-electron chi connectivity index (χ0n) is 8.71. The van der Waals surface area contributed by atoms with Gasteiger partial charge in [-0.15, -0.1) is 0 Å². The number of ether oxygens (including phenoxy) is 1. The lowest BCUT2D eigenvalue weighted by Crippen LogP contribution is -2.22. The molecule has 1 unspecified atom stereocenters. The highest BCUT2D eigenvalue weighted by molar-refractivity contribution is 5.92. The summed E-state index contributed by atoms with van der Waals surface area (Å²) in [4.78, 5) is 3.32. The molecule has 3 heteroatoms. The van der Waals surface area contributed by atoms with Crippen molar-refractivity contribution in [3.63, 3.8) is 0 Å². The molecule has 3 nitrogen and oxygen atoms in total. The summed E-state index contributed by atoms with van der Waals surface area (Å²) in [7, 11) is 0. The molecule has 0 fully saturated rings. The van der Waals surface area contributed by atoms with Gasteiger partial charge >= 0.3 is 0 Å². The highest BCUT2D eigenvalue weighted by Crippen LogP contribution is 2.38. The molecule has 0 saturated carbocycles. The maximum atomic E-state index is 5.74. The highest BCUT2D eigenvalue weighted by Gasteiger charge is 2.23. The van der Waals surface area contributed by atoms with Crippen molar-refractivity contribution in [2.45, 2.75) is 12.8 Å². The van der Waals surface area contributed by atoms with E-state index in [1.807, 2.05) is 6.07 Å². The van der Waals surface area contributed by atoms with Crippen molar-refractivity contribution < 1.29 is 4.74 Å². The minimum atomic E-state index is 0.327. The summed E-state index contributed by atoms with van der Waals surface area (Å²) < 4.78 is 5.71. The second kappa shape index (κ2) is 3.00. The van der Waals surface area contributed by atoms with E-state index in [2.05, 4.69) is 24.2 Å². The molecular formula is C12H14N2O. The molecule has 1 atom stereocenters. The lowest BCUT2D eigenvalue weighted by molar-refractivity contribution is 0.285. The van der Waals surface area contributed by atoms with Gasteiger partial charge in [0.05, 0.1) is 12.1 Å². The van der Waals surface area contributed by atoms with E-state index < -0.39 is 0 Å². The SMILES string of the molecule is Cc1ccc2c3c(c[nH]c13)C(CN)CO2. The average Bonchev–Trinajstić information content (AvgIpc) is 2.70. The van der Waals surface area contributed by atoms with Gasteiger partial charge in [0, 0.05) is 24.0 Å². The van der Waals surface area contributed by atoms with E-state index in [-0.39, 0.29) is 0 Å². The van der Waals surface area contributed by atoms with Crippen molar-refractivity contribution in [3.05, 3.63) is 29.5 Å². The van der Waals surface area contributed by atoms with E-state index >= 15 is 0 Å². The molecule has 0 amide bonds. The molecule has 15 heavy (non-hydrogen) atoms. The van der Waals surface area contributed by atoms with Gasteiger partial charge in [0.25, 0.3) is 0 Å². The molecule has 0 radical (unpaired) electrons. The highest BCUT2D eigenvalue weighted by atomic mass is 16.5. The Balaban J connectivity index is 2.35. The lowest BCUT2D eigenvalue weighted by Gasteiger charge is -2.22. The Bertz CT molecular complexity index is 516. The first-order valence-corrected chi connectivity index (χ1v) is 5.24. The standard InChI is InChI=1S/C12H14N2O/c1-7-2-3-10-11-9(5-14-12(7)11)8(4-13)6-15-10/h2-3,5,8,14H,4,6,13H2,1H3. The third-order valence-corrected chi connectivity index (χ3v) is 3.20. The summed E-state index contributed by atoms with van der Waals surface area (Å²) >= 11 is 0. The van der Waals surface area contributed by atoms with Gasteiger partial charge in [0.15, 0.2) is 0 Å². The number of hydrogen-bond donors (Lipinski definition) is 2. The van der Waals surface area contributed by atoms with Crippen molar-refractivity contribution in [1.82, 2.24) is 4.98 Å². The average molecular weight is 202 g/mol. The second-order valence-electron chi connectivity index (χ2n) is 4.12. The number of aryl methyl sites for hydroxylation is 1. The minimum Gasteiger partial charge on any atom is -0.492 e. The largest absolute Gasteiger partial charge is 0.492 e. The Kier molecular flexibility index (Phi) is 1.76. The van der Waals surface area contributed by atoms with E-state index in [1.54, 1.807) is 0 Å². The predicted molar refractivity (Wildman–Crippen MR) is 60.3 cm³/mol. The molecule has 1 aliphatic heterocycles. The fourth-order valence-corrected chi connectivity index (χ4v) is 2.30. The number of rotatable bonds is 1. The quantitative estimate of drug-likeness (QED) is 0.742. The van der Waals surface area contributed by atoms with E-state index in [9.17, 15) is 0 Å². The summed E-state index contributed by atoms with van der Waals surface area (Å²) in [6.45, 7) is 3.44. The van der Waals surface area contributed by atoms with Gasteiger partial charge in [-0.3, -0.25) is 0 Å². The van der Waals surface area contributed by atoms with Crippen molar-refractivity contribution in [3.8, 4) is 5.75 Å². The first-order chi connectivity index (χ1) is 7.31. The van der Waals surface area contributed by atoms with E-state index in [0.717, 1.165) is 5.75 Å². The molecular weight excluding hydrogens is 188 g/mol. The fraction of sp³-hybridized carbons (Fsp3) is 0.333. The molecule has 3 N–H and O–H groups in total. The number of benzene rings is 1. The summed E-state index contributed by atoms with van der Waals surface area (Å²) in [6, 6.07) is 4.13. The monoisotopic (exact) mass is 202 g/mol. The van der Waals surface area contributed by atoms with Crippen LogP contribution in [-0.2, 0) is 0 Å². The lowest BCUT2D eigenvalue weighted by atomic mass is 9.96. The van der Waals surface area contributed by atoms with Crippen molar-refractivity contribution in [2.75, 3.05) is 13.2 Å². The van der Waals surface area contributed by atoms with Crippen LogP contribution in [0.2, 0.25) is 0 Å². The summed E-state index contributed by atoms with van der Waals surface area (Å²) in [5, 5.41) is 1.22. The molecule has 78 valence electrons. The summed E-state index contributed by atoms with van der Waals surface area (Å²) in [5.74, 6) is 1.31. The fourth-order valence-electron chi connectivity index (χ4n) is 2.30. The third-order valence-electron chi connectivity index (χ3n) is 3.20. The molecule has 2 aromatic rings. The van der Waals surface area contributed by atoms with Crippen LogP contribution in [0.5, 0.6) is 5.75 Å². The Labute approximate surface area is 88.2 Å².